The van der Waals surface area contributed by atoms with Crippen LogP contribution in [0.1, 0.15) is 16.7 Å². The van der Waals surface area contributed by atoms with Gasteiger partial charge in [-0.3, -0.25) is 19.3 Å². The van der Waals surface area contributed by atoms with Crippen LogP contribution in [0.2, 0.25) is 0 Å². The van der Waals surface area contributed by atoms with E-state index in [0.717, 1.165) is 38.9 Å². The fourth-order valence-electron chi connectivity index (χ4n) is 5.14. The SMILES string of the molecule is Cc1c(-c2nc3s/c(=C4\C(=O)N(CC(=O)Nc5cccc(C(F)(F)F)c5)c5ccccc54)c(=O)n3n2)oc2ccccc12. The monoisotopic (exact) mass is 601 g/mol. The standard InChI is InChI=1S/C30H18F3N5O4S/c1-15-18-9-3-5-12-21(18)42-24(15)26-35-29-38(36-26)28(41)25(43-29)23-19-10-2-4-11-20(19)37(27(23)40)14-22(39)34-17-8-6-7-16(13-17)30(31,32)33/h2-13H,14H2,1H3,(H,34,39)/b25-23-. The summed E-state index contributed by atoms with van der Waals surface area (Å²) >= 11 is 0.988. The number of carbonyl (C=O) groups is 2. The van der Waals surface area contributed by atoms with E-state index in [4.69, 9.17) is 4.42 Å². The molecule has 0 aliphatic carbocycles. The van der Waals surface area contributed by atoms with Crippen LogP contribution in [0.4, 0.5) is 24.5 Å². The van der Waals surface area contributed by atoms with Crippen molar-refractivity contribution in [3.63, 3.8) is 0 Å². The molecule has 0 atom stereocenters. The minimum Gasteiger partial charge on any atom is -0.452 e. The minimum atomic E-state index is -4.58. The average Bonchev–Trinajstić information content (AvgIpc) is 3.70. The van der Waals surface area contributed by atoms with Gasteiger partial charge in [-0.1, -0.05) is 53.8 Å². The minimum absolute atomic E-state index is 0.0631. The second kappa shape index (κ2) is 9.63. The van der Waals surface area contributed by atoms with E-state index >= 15 is 0 Å². The molecule has 0 fully saturated rings. The van der Waals surface area contributed by atoms with E-state index in [-0.39, 0.29) is 26.6 Å². The third-order valence-corrected chi connectivity index (χ3v) is 8.16. The maximum Gasteiger partial charge on any atom is 0.416 e. The maximum atomic E-state index is 13.7. The van der Waals surface area contributed by atoms with Crippen molar-refractivity contribution in [2.75, 3.05) is 16.8 Å². The summed E-state index contributed by atoms with van der Waals surface area (Å²) in [7, 11) is 0. The summed E-state index contributed by atoms with van der Waals surface area (Å²) in [6, 6.07) is 18.3. The molecule has 214 valence electrons. The lowest BCUT2D eigenvalue weighted by Crippen LogP contribution is -2.37. The Balaban J connectivity index is 1.24. The van der Waals surface area contributed by atoms with Crippen molar-refractivity contribution in [1.29, 1.82) is 0 Å². The van der Waals surface area contributed by atoms with Gasteiger partial charge in [0.1, 0.15) is 16.7 Å². The maximum absolute atomic E-state index is 13.7. The number of alkyl halides is 3. The normalized spacial score (nSPS) is 14.6. The molecule has 0 unspecified atom stereocenters. The highest BCUT2D eigenvalue weighted by Gasteiger charge is 2.36. The van der Waals surface area contributed by atoms with E-state index in [1.165, 1.54) is 17.0 Å². The van der Waals surface area contributed by atoms with Crippen LogP contribution in [-0.4, -0.2) is 33.0 Å². The predicted molar refractivity (Wildman–Crippen MR) is 154 cm³/mol. The number of aromatic nitrogens is 3. The van der Waals surface area contributed by atoms with Gasteiger partial charge in [0.05, 0.1) is 16.8 Å². The predicted octanol–water partition coefficient (Wildman–Crippen LogP) is 4.79. The Morgan fingerprint density at radius 2 is 1.79 bits per heavy atom. The zero-order valence-corrected chi connectivity index (χ0v) is 22.9. The highest BCUT2D eigenvalue weighted by Crippen LogP contribution is 2.36. The van der Waals surface area contributed by atoms with Gasteiger partial charge in [0.25, 0.3) is 11.5 Å². The molecule has 3 aromatic carbocycles. The number of nitrogens with one attached hydrogen (secondary N) is 1. The van der Waals surface area contributed by atoms with Gasteiger partial charge < -0.3 is 9.73 Å². The highest BCUT2D eigenvalue weighted by atomic mass is 32.1. The zero-order valence-electron chi connectivity index (χ0n) is 22.1. The number of nitrogens with zero attached hydrogens (tertiary/aromatic N) is 4. The lowest BCUT2D eigenvalue weighted by molar-refractivity contribution is -0.137. The van der Waals surface area contributed by atoms with Crippen molar-refractivity contribution in [2.24, 2.45) is 0 Å². The molecule has 0 spiro atoms. The molecular weight excluding hydrogens is 583 g/mol. The fourth-order valence-corrected chi connectivity index (χ4v) is 6.14. The van der Waals surface area contributed by atoms with Crippen LogP contribution in [0.5, 0.6) is 0 Å². The number of anilines is 2. The highest BCUT2D eigenvalue weighted by molar-refractivity contribution is 7.15. The number of furan rings is 1. The van der Waals surface area contributed by atoms with E-state index in [0.29, 0.717) is 22.6 Å². The summed E-state index contributed by atoms with van der Waals surface area (Å²) < 4.78 is 46.5. The van der Waals surface area contributed by atoms with Crippen molar-refractivity contribution in [1.82, 2.24) is 14.6 Å². The van der Waals surface area contributed by atoms with Crippen LogP contribution in [0.25, 0.3) is 33.1 Å². The Morgan fingerprint density at radius 3 is 2.56 bits per heavy atom. The number of aryl methyl sites for hydroxylation is 1. The van der Waals surface area contributed by atoms with Crippen LogP contribution in [0.15, 0.2) is 82.0 Å². The molecule has 3 aromatic heterocycles. The lowest BCUT2D eigenvalue weighted by Gasteiger charge is -2.17. The first-order chi connectivity index (χ1) is 20.6. The van der Waals surface area contributed by atoms with Gasteiger partial charge in [-0.2, -0.15) is 22.7 Å². The van der Waals surface area contributed by atoms with Crippen LogP contribution in [0, 0.1) is 6.92 Å². The largest absolute Gasteiger partial charge is 0.452 e. The smallest absolute Gasteiger partial charge is 0.416 e. The number of carbonyl (C=O) groups excluding carboxylic acids is 2. The summed E-state index contributed by atoms with van der Waals surface area (Å²) in [4.78, 5) is 46.0. The molecule has 13 heteroatoms. The first-order valence-corrected chi connectivity index (χ1v) is 13.7. The number of para-hydroxylation sites is 2. The van der Waals surface area contributed by atoms with Crippen molar-refractivity contribution in [3.05, 3.63) is 104 Å². The van der Waals surface area contributed by atoms with Gasteiger partial charge >= 0.3 is 6.18 Å². The molecule has 7 rings (SSSR count). The Kier molecular flexibility index (Phi) is 5.95. The summed E-state index contributed by atoms with van der Waals surface area (Å²) in [5.74, 6) is -0.638. The van der Waals surface area contributed by atoms with Gasteiger partial charge in [0.2, 0.25) is 16.7 Å². The van der Waals surface area contributed by atoms with Crippen molar-refractivity contribution >= 4 is 56.0 Å². The molecule has 0 saturated heterocycles. The molecule has 1 aliphatic rings. The molecule has 0 saturated carbocycles. The Labute approximate surface area is 243 Å². The molecule has 1 aliphatic heterocycles. The number of hydrogen-bond donors (Lipinski definition) is 1. The molecule has 6 aromatic rings. The van der Waals surface area contributed by atoms with E-state index < -0.39 is 35.7 Å². The quantitative estimate of drug-likeness (QED) is 0.311. The molecule has 9 nitrogen and oxygen atoms in total. The Morgan fingerprint density at radius 1 is 1.02 bits per heavy atom. The number of rotatable bonds is 4. The number of halogens is 3. The summed E-state index contributed by atoms with van der Waals surface area (Å²) in [6.45, 7) is 1.39. The molecule has 43 heavy (non-hydrogen) atoms. The number of thiazole rings is 1. The molecule has 2 amide bonds. The second-order valence-corrected chi connectivity index (χ2v) is 10.8. The van der Waals surface area contributed by atoms with E-state index in [9.17, 15) is 27.6 Å². The van der Waals surface area contributed by atoms with Gasteiger partial charge in [-0.25, -0.2) is 0 Å². The van der Waals surface area contributed by atoms with Crippen LogP contribution < -0.4 is 20.3 Å². The van der Waals surface area contributed by atoms with Crippen LogP contribution in [0.3, 0.4) is 0 Å². The summed E-state index contributed by atoms with van der Waals surface area (Å²) in [6.07, 6.45) is -4.58. The zero-order chi connectivity index (χ0) is 30.0. The summed E-state index contributed by atoms with van der Waals surface area (Å²) in [5, 5.41) is 7.70. The van der Waals surface area contributed by atoms with Gasteiger partial charge in [-0.15, -0.1) is 5.10 Å². The first kappa shape index (κ1) is 26.6. The Hall–Kier alpha value is -5.30. The van der Waals surface area contributed by atoms with E-state index in [1.807, 2.05) is 31.2 Å². The van der Waals surface area contributed by atoms with E-state index in [1.54, 1.807) is 24.3 Å². The number of fused-ring (bicyclic) bond motifs is 3. The van der Waals surface area contributed by atoms with Gasteiger partial charge in [0, 0.05) is 22.2 Å². The third kappa shape index (κ3) is 4.36. The number of hydrogen-bond acceptors (Lipinski definition) is 7. The Bertz CT molecular complexity index is 2230. The van der Waals surface area contributed by atoms with Gasteiger partial charge in [0.15, 0.2) is 5.76 Å². The third-order valence-electron chi connectivity index (χ3n) is 7.13. The molecular formula is C30H18F3N5O4S. The second-order valence-electron chi connectivity index (χ2n) is 9.83. The first-order valence-electron chi connectivity index (χ1n) is 12.9. The van der Waals surface area contributed by atoms with E-state index in [2.05, 4.69) is 15.4 Å². The molecule has 4 heterocycles. The summed E-state index contributed by atoms with van der Waals surface area (Å²) in [5.41, 5.74) is 0.875. The average molecular weight is 602 g/mol. The molecule has 1 N–H and O–H groups in total. The van der Waals surface area contributed by atoms with Crippen molar-refractivity contribution < 1.29 is 27.2 Å². The van der Waals surface area contributed by atoms with Crippen LogP contribution in [-0.2, 0) is 15.8 Å². The van der Waals surface area contributed by atoms with Crippen molar-refractivity contribution in [2.45, 2.75) is 13.1 Å². The topological polar surface area (TPSA) is 110 Å². The fraction of sp³-hybridized carbons (Fsp3) is 0.100. The number of benzene rings is 3. The molecule has 0 bridgehead atoms. The molecule has 0 radical (unpaired) electrons. The number of amides is 2. The van der Waals surface area contributed by atoms with Crippen LogP contribution >= 0.6 is 11.3 Å². The van der Waals surface area contributed by atoms with Gasteiger partial charge in [-0.05, 0) is 37.3 Å². The van der Waals surface area contributed by atoms with Crippen molar-refractivity contribution in [3.8, 4) is 11.6 Å². The lowest BCUT2D eigenvalue weighted by atomic mass is 10.1.